The Balaban J connectivity index is 1.75. The van der Waals surface area contributed by atoms with Crippen LogP contribution in [0.15, 0.2) is 0 Å². The zero-order valence-corrected chi connectivity index (χ0v) is 8.55. The van der Waals surface area contributed by atoms with Gasteiger partial charge in [-0.05, 0) is 18.6 Å². The zero-order chi connectivity index (χ0) is 9.26. The van der Waals surface area contributed by atoms with Crippen LogP contribution in [0.4, 0.5) is 0 Å². The first-order valence-corrected chi connectivity index (χ1v) is 5.98. The van der Waals surface area contributed by atoms with Gasteiger partial charge in [-0.1, -0.05) is 6.42 Å². The summed E-state index contributed by atoms with van der Waals surface area (Å²) >= 11 is 2.01. The van der Waals surface area contributed by atoms with Gasteiger partial charge < -0.3 is 10.6 Å². The van der Waals surface area contributed by atoms with Crippen molar-refractivity contribution < 1.29 is 4.79 Å². The highest BCUT2D eigenvalue weighted by molar-refractivity contribution is 7.99. The van der Waals surface area contributed by atoms with Crippen LogP contribution in [-0.2, 0) is 4.79 Å². The summed E-state index contributed by atoms with van der Waals surface area (Å²) in [4.78, 5) is 13.1. The van der Waals surface area contributed by atoms with Crippen LogP contribution < -0.4 is 5.73 Å². The molecule has 0 spiro atoms. The summed E-state index contributed by atoms with van der Waals surface area (Å²) in [6.07, 6.45) is 3.93. The van der Waals surface area contributed by atoms with Crippen LogP contribution in [-0.4, -0.2) is 40.9 Å². The van der Waals surface area contributed by atoms with Gasteiger partial charge in [0.05, 0.1) is 0 Å². The van der Waals surface area contributed by atoms with Crippen molar-refractivity contribution in [2.75, 3.05) is 18.8 Å². The number of nitrogens with zero attached hydrogens (tertiary/aromatic N) is 1. The summed E-state index contributed by atoms with van der Waals surface area (Å²) in [5.74, 6) is 1.41. The van der Waals surface area contributed by atoms with Crippen molar-refractivity contribution in [3.8, 4) is 0 Å². The Morgan fingerprint density at radius 3 is 2.92 bits per heavy atom. The fraction of sp³-hybridized carbons (Fsp3) is 0.889. The summed E-state index contributed by atoms with van der Waals surface area (Å²) in [7, 11) is 0. The number of amides is 1. The lowest BCUT2D eigenvalue weighted by Crippen LogP contribution is -2.62. The summed E-state index contributed by atoms with van der Waals surface area (Å²) in [6, 6.07) is -0.200. The fourth-order valence-corrected chi connectivity index (χ4v) is 3.21. The van der Waals surface area contributed by atoms with Crippen LogP contribution in [0.5, 0.6) is 0 Å². The third-order valence-corrected chi connectivity index (χ3v) is 4.12. The van der Waals surface area contributed by atoms with E-state index in [0.717, 1.165) is 13.1 Å². The molecule has 0 bridgehead atoms. The van der Waals surface area contributed by atoms with Crippen molar-refractivity contribution in [1.29, 1.82) is 0 Å². The van der Waals surface area contributed by atoms with Gasteiger partial charge in [0.15, 0.2) is 0 Å². The Bertz CT molecular complexity index is 204. The predicted octanol–water partition coefficient (Wildman–Crippen LogP) is 0.442. The van der Waals surface area contributed by atoms with E-state index in [1.54, 1.807) is 0 Å². The Hall–Kier alpha value is -0.220. The molecule has 2 fully saturated rings. The maximum absolute atomic E-state index is 11.2. The number of carbonyl (C=O) groups excluding carboxylic acids is 1. The molecule has 2 N–H and O–H groups in total. The number of rotatable bonds is 2. The lowest BCUT2D eigenvalue weighted by Gasteiger charge is -2.39. The summed E-state index contributed by atoms with van der Waals surface area (Å²) in [5.41, 5.74) is 5.52. The monoisotopic (exact) mass is 200 g/mol. The minimum atomic E-state index is -0.200. The number of likely N-dealkylation sites (tertiary alicyclic amines) is 1. The van der Waals surface area contributed by atoms with Crippen molar-refractivity contribution in [2.45, 2.75) is 30.6 Å². The number of carbonyl (C=O) groups is 1. The smallest absolute Gasteiger partial charge is 0.241 e. The van der Waals surface area contributed by atoms with Gasteiger partial charge in [-0.2, -0.15) is 11.8 Å². The molecule has 0 saturated carbocycles. The van der Waals surface area contributed by atoms with Crippen molar-refractivity contribution in [3.05, 3.63) is 0 Å². The van der Waals surface area contributed by atoms with E-state index < -0.39 is 0 Å². The van der Waals surface area contributed by atoms with Crippen molar-refractivity contribution in [1.82, 2.24) is 4.90 Å². The molecule has 2 saturated heterocycles. The van der Waals surface area contributed by atoms with Crippen LogP contribution in [0, 0.1) is 0 Å². The molecule has 1 amide bonds. The van der Waals surface area contributed by atoms with Crippen LogP contribution in [0.2, 0.25) is 0 Å². The van der Waals surface area contributed by atoms with E-state index in [0.29, 0.717) is 5.25 Å². The van der Waals surface area contributed by atoms with Gasteiger partial charge in [-0.25, -0.2) is 0 Å². The molecule has 0 aromatic carbocycles. The highest BCUT2D eigenvalue weighted by Crippen LogP contribution is 2.26. The largest absolute Gasteiger partial charge is 0.338 e. The molecular formula is C9H16N2OS. The summed E-state index contributed by atoms with van der Waals surface area (Å²) in [5, 5.41) is 0.671. The Kier molecular flexibility index (Phi) is 2.79. The number of hydrogen-bond donors (Lipinski definition) is 1. The molecular weight excluding hydrogens is 184 g/mol. The average Bonchev–Trinajstić information content (AvgIpc) is 2.19. The molecule has 2 aliphatic heterocycles. The molecule has 2 rings (SSSR count). The molecule has 2 aliphatic rings. The molecule has 4 heteroatoms. The molecule has 2 heterocycles. The van der Waals surface area contributed by atoms with E-state index in [4.69, 9.17) is 5.73 Å². The number of thioether (sulfide) groups is 1. The van der Waals surface area contributed by atoms with Gasteiger partial charge >= 0.3 is 0 Å². The standard InChI is InChI=1S/C9H16N2OS/c10-8-6-11(9(8)12)5-7-3-1-2-4-13-7/h7-8H,1-6,10H2. The molecule has 0 aliphatic carbocycles. The van der Waals surface area contributed by atoms with E-state index in [1.807, 2.05) is 16.7 Å². The Morgan fingerprint density at radius 2 is 2.38 bits per heavy atom. The van der Waals surface area contributed by atoms with Gasteiger partial charge in [0.25, 0.3) is 0 Å². The first-order valence-electron chi connectivity index (χ1n) is 4.93. The first-order chi connectivity index (χ1) is 6.27. The van der Waals surface area contributed by atoms with Crippen LogP contribution in [0.25, 0.3) is 0 Å². The quantitative estimate of drug-likeness (QED) is 0.658. The van der Waals surface area contributed by atoms with Crippen LogP contribution in [0.3, 0.4) is 0 Å². The Labute approximate surface area is 83.0 Å². The van der Waals surface area contributed by atoms with E-state index in [1.165, 1.54) is 25.0 Å². The number of nitrogens with two attached hydrogens (primary N) is 1. The third-order valence-electron chi connectivity index (χ3n) is 2.74. The second-order valence-electron chi connectivity index (χ2n) is 3.84. The topological polar surface area (TPSA) is 46.3 Å². The minimum Gasteiger partial charge on any atom is -0.338 e. The van der Waals surface area contributed by atoms with Crippen molar-refractivity contribution in [2.24, 2.45) is 5.73 Å². The molecule has 0 aromatic heterocycles. The second-order valence-corrected chi connectivity index (χ2v) is 5.25. The maximum Gasteiger partial charge on any atom is 0.241 e. The van der Waals surface area contributed by atoms with Gasteiger partial charge in [-0.3, -0.25) is 4.79 Å². The third kappa shape index (κ3) is 1.99. The predicted molar refractivity (Wildman–Crippen MR) is 54.7 cm³/mol. The molecule has 3 nitrogen and oxygen atoms in total. The molecule has 0 radical (unpaired) electrons. The zero-order valence-electron chi connectivity index (χ0n) is 7.74. The number of β-lactam (4-membered cyclic amide) rings is 1. The Morgan fingerprint density at radius 1 is 1.54 bits per heavy atom. The molecule has 0 aromatic rings. The fourth-order valence-electron chi connectivity index (χ4n) is 1.89. The highest BCUT2D eigenvalue weighted by atomic mass is 32.2. The van der Waals surface area contributed by atoms with Crippen molar-refractivity contribution in [3.63, 3.8) is 0 Å². The minimum absolute atomic E-state index is 0.145. The SMILES string of the molecule is NC1CN(CC2CCCCS2)C1=O. The van der Waals surface area contributed by atoms with E-state index in [2.05, 4.69) is 0 Å². The van der Waals surface area contributed by atoms with Crippen LogP contribution in [0.1, 0.15) is 19.3 Å². The van der Waals surface area contributed by atoms with E-state index in [-0.39, 0.29) is 11.9 Å². The normalized spacial score (nSPS) is 34.5. The van der Waals surface area contributed by atoms with E-state index >= 15 is 0 Å². The molecule has 74 valence electrons. The molecule has 2 atom stereocenters. The summed E-state index contributed by atoms with van der Waals surface area (Å²) in [6.45, 7) is 1.70. The lowest BCUT2D eigenvalue weighted by atomic mass is 10.1. The highest BCUT2D eigenvalue weighted by Gasteiger charge is 2.34. The maximum atomic E-state index is 11.2. The van der Waals surface area contributed by atoms with Gasteiger partial charge in [0.2, 0.25) is 5.91 Å². The van der Waals surface area contributed by atoms with E-state index in [9.17, 15) is 4.79 Å². The van der Waals surface area contributed by atoms with Crippen LogP contribution >= 0.6 is 11.8 Å². The molecule has 13 heavy (non-hydrogen) atoms. The summed E-state index contributed by atoms with van der Waals surface area (Å²) < 4.78 is 0. The van der Waals surface area contributed by atoms with Gasteiger partial charge in [0.1, 0.15) is 6.04 Å². The van der Waals surface area contributed by atoms with Crippen molar-refractivity contribution >= 4 is 17.7 Å². The van der Waals surface area contributed by atoms with Gasteiger partial charge in [0, 0.05) is 18.3 Å². The average molecular weight is 200 g/mol. The second kappa shape index (κ2) is 3.88. The molecule has 2 unspecified atom stereocenters. The van der Waals surface area contributed by atoms with Gasteiger partial charge in [-0.15, -0.1) is 0 Å². The lowest BCUT2D eigenvalue weighted by molar-refractivity contribution is -0.142. The first kappa shape index (κ1) is 9.34. The number of hydrogen-bond acceptors (Lipinski definition) is 3.